The van der Waals surface area contributed by atoms with Gasteiger partial charge in [0.25, 0.3) is 0 Å². The lowest BCUT2D eigenvalue weighted by Crippen LogP contribution is -2.39. The third-order valence-electron chi connectivity index (χ3n) is 4.73. The molecule has 0 spiro atoms. The quantitative estimate of drug-likeness (QED) is 0.740. The van der Waals surface area contributed by atoms with Crippen molar-refractivity contribution < 1.29 is 13.2 Å². The number of amides is 1. The average Bonchev–Trinajstić information content (AvgIpc) is 3.24. The second-order valence-electron chi connectivity index (χ2n) is 6.66. The summed E-state index contributed by atoms with van der Waals surface area (Å²) in [6.07, 6.45) is 4.89. The van der Waals surface area contributed by atoms with Crippen LogP contribution < -0.4 is 10.5 Å². The van der Waals surface area contributed by atoms with Crippen LogP contribution in [-0.4, -0.2) is 44.4 Å². The summed E-state index contributed by atoms with van der Waals surface area (Å²) >= 11 is 0. The molecule has 6 nitrogen and oxygen atoms in total. The number of carbonyl (C=O) groups is 1. The molecule has 2 aliphatic rings. The van der Waals surface area contributed by atoms with Crippen LogP contribution >= 0.6 is 12.4 Å². The molecule has 1 heterocycles. The fourth-order valence-corrected chi connectivity index (χ4v) is 4.43. The number of likely N-dealkylation sites (tertiary alicyclic amines) is 1. The largest absolute Gasteiger partial charge is 0.338 e. The Balaban J connectivity index is 0.00000225. The summed E-state index contributed by atoms with van der Waals surface area (Å²) in [7, 11) is -3.41. The fourth-order valence-electron chi connectivity index (χ4n) is 3.13. The molecular weight excluding hydrogens is 362 g/mol. The Kier molecular flexibility index (Phi) is 6.85. The molecule has 3 N–H and O–H groups in total. The first-order valence-corrected chi connectivity index (χ1v) is 10.1. The Hall–Kier alpha value is -1.15. The Labute approximate surface area is 155 Å². The highest BCUT2D eigenvalue weighted by Crippen LogP contribution is 2.22. The van der Waals surface area contributed by atoms with Crippen LogP contribution in [0.2, 0.25) is 0 Å². The van der Waals surface area contributed by atoms with Gasteiger partial charge >= 0.3 is 0 Å². The van der Waals surface area contributed by atoms with E-state index >= 15 is 0 Å². The van der Waals surface area contributed by atoms with E-state index in [0.717, 1.165) is 37.8 Å². The second-order valence-corrected chi connectivity index (χ2v) is 8.37. The number of hydrogen-bond acceptors (Lipinski definition) is 4. The first kappa shape index (κ1) is 20.2. The van der Waals surface area contributed by atoms with Crippen LogP contribution in [0.3, 0.4) is 0 Å². The van der Waals surface area contributed by atoms with Crippen LogP contribution in [0.15, 0.2) is 29.2 Å². The molecule has 2 fully saturated rings. The molecule has 1 aromatic carbocycles. The van der Waals surface area contributed by atoms with Gasteiger partial charge in [0.05, 0.1) is 4.90 Å². The zero-order chi connectivity index (χ0) is 17.2. The Morgan fingerprint density at radius 1 is 1.20 bits per heavy atom. The monoisotopic (exact) mass is 387 g/mol. The predicted octanol–water partition coefficient (Wildman–Crippen LogP) is 1.43. The lowest BCUT2D eigenvalue weighted by Gasteiger charge is -2.23. The maximum absolute atomic E-state index is 12.3. The molecule has 1 aromatic rings. The first-order chi connectivity index (χ1) is 11.5. The maximum Gasteiger partial charge on any atom is 0.240 e. The maximum atomic E-state index is 12.3. The van der Waals surface area contributed by atoms with Gasteiger partial charge in [-0.2, -0.15) is 0 Å². The van der Waals surface area contributed by atoms with E-state index in [2.05, 4.69) is 4.72 Å². The van der Waals surface area contributed by atoms with Crippen molar-refractivity contribution in [3.63, 3.8) is 0 Å². The van der Waals surface area contributed by atoms with Crippen molar-refractivity contribution >= 4 is 28.3 Å². The van der Waals surface area contributed by atoms with Gasteiger partial charge in [-0.05, 0) is 49.8 Å². The van der Waals surface area contributed by atoms with Crippen LogP contribution in [0.25, 0.3) is 0 Å². The van der Waals surface area contributed by atoms with Crippen LogP contribution in [0, 0.1) is 0 Å². The van der Waals surface area contributed by atoms with Crippen molar-refractivity contribution in [2.24, 2.45) is 5.73 Å². The molecule has 1 aliphatic carbocycles. The van der Waals surface area contributed by atoms with Gasteiger partial charge in [-0.25, -0.2) is 13.1 Å². The van der Waals surface area contributed by atoms with Crippen LogP contribution in [-0.2, 0) is 21.2 Å². The number of carbonyl (C=O) groups excluding carboxylic acids is 1. The summed E-state index contributed by atoms with van der Waals surface area (Å²) in [4.78, 5) is 14.5. The molecule has 1 unspecified atom stereocenters. The zero-order valence-corrected chi connectivity index (χ0v) is 15.8. The van der Waals surface area contributed by atoms with Gasteiger partial charge in [-0.1, -0.05) is 12.1 Å². The van der Waals surface area contributed by atoms with Crippen molar-refractivity contribution in [1.82, 2.24) is 9.62 Å². The van der Waals surface area contributed by atoms with Crippen LogP contribution in [0.4, 0.5) is 0 Å². The lowest BCUT2D eigenvalue weighted by molar-refractivity contribution is -0.131. The minimum atomic E-state index is -3.41. The number of hydrogen-bond donors (Lipinski definition) is 2. The lowest BCUT2D eigenvalue weighted by atomic mass is 10.1. The van der Waals surface area contributed by atoms with Crippen molar-refractivity contribution in [2.75, 3.05) is 13.1 Å². The highest BCUT2D eigenvalue weighted by atomic mass is 35.5. The van der Waals surface area contributed by atoms with Gasteiger partial charge in [-0.3, -0.25) is 4.79 Å². The smallest absolute Gasteiger partial charge is 0.240 e. The number of nitrogens with two attached hydrogens (primary N) is 1. The molecule has 1 saturated heterocycles. The molecule has 3 rings (SSSR count). The Bertz CT molecular complexity index is 690. The van der Waals surface area contributed by atoms with Crippen molar-refractivity contribution in [1.29, 1.82) is 0 Å². The van der Waals surface area contributed by atoms with Gasteiger partial charge < -0.3 is 10.6 Å². The minimum absolute atomic E-state index is 0. The van der Waals surface area contributed by atoms with Crippen molar-refractivity contribution in [3.05, 3.63) is 29.8 Å². The fraction of sp³-hybridized carbons (Fsp3) is 0.588. The van der Waals surface area contributed by atoms with Gasteiger partial charge in [-0.15, -0.1) is 12.4 Å². The SMILES string of the molecule is Cl.NCC1CCCN1C(=O)CCc1ccc(S(=O)(=O)NC2CC2)cc1. The zero-order valence-electron chi connectivity index (χ0n) is 14.2. The normalized spacial score (nSPS) is 20.4. The third-order valence-corrected chi connectivity index (χ3v) is 6.27. The first-order valence-electron chi connectivity index (χ1n) is 8.60. The van der Waals surface area contributed by atoms with E-state index in [4.69, 9.17) is 5.73 Å². The average molecular weight is 388 g/mol. The molecule has 1 aliphatic heterocycles. The second kappa shape index (κ2) is 8.49. The summed E-state index contributed by atoms with van der Waals surface area (Å²) < 4.78 is 26.9. The third kappa shape index (κ3) is 5.17. The molecule has 0 aromatic heterocycles. The molecule has 1 atom stereocenters. The van der Waals surface area contributed by atoms with E-state index in [0.29, 0.717) is 19.4 Å². The van der Waals surface area contributed by atoms with Gasteiger partial charge in [0.2, 0.25) is 15.9 Å². The number of rotatable bonds is 7. The van der Waals surface area contributed by atoms with E-state index in [1.807, 2.05) is 4.90 Å². The summed E-state index contributed by atoms with van der Waals surface area (Å²) in [5, 5.41) is 0. The summed E-state index contributed by atoms with van der Waals surface area (Å²) in [5.74, 6) is 0.134. The Morgan fingerprint density at radius 2 is 1.88 bits per heavy atom. The minimum Gasteiger partial charge on any atom is -0.338 e. The van der Waals surface area contributed by atoms with E-state index in [9.17, 15) is 13.2 Å². The predicted molar refractivity (Wildman–Crippen MR) is 99.1 cm³/mol. The highest BCUT2D eigenvalue weighted by Gasteiger charge is 2.28. The molecular formula is C17H26ClN3O3S. The van der Waals surface area contributed by atoms with E-state index in [1.54, 1.807) is 24.3 Å². The molecule has 0 bridgehead atoms. The van der Waals surface area contributed by atoms with Crippen molar-refractivity contribution in [3.8, 4) is 0 Å². The number of sulfonamides is 1. The number of benzene rings is 1. The van der Waals surface area contributed by atoms with Crippen molar-refractivity contribution in [2.45, 2.75) is 55.5 Å². The summed E-state index contributed by atoms with van der Waals surface area (Å²) in [6, 6.07) is 7.09. The summed E-state index contributed by atoms with van der Waals surface area (Å²) in [6.45, 7) is 1.32. The van der Waals surface area contributed by atoms with Gasteiger partial charge in [0.1, 0.15) is 0 Å². The number of nitrogens with zero attached hydrogens (tertiary/aromatic N) is 1. The van der Waals surface area contributed by atoms with E-state index < -0.39 is 10.0 Å². The standard InChI is InChI=1S/C17H25N3O3S.ClH/c18-12-15-2-1-11-20(15)17(21)10-5-13-3-8-16(9-4-13)24(22,23)19-14-6-7-14;/h3-4,8-9,14-15,19H,1-2,5-7,10-12,18H2;1H. The summed E-state index contributed by atoms with van der Waals surface area (Å²) in [5.41, 5.74) is 6.68. The van der Waals surface area contributed by atoms with Crippen LogP contribution in [0.5, 0.6) is 0 Å². The topological polar surface area (TPSA) is 92.5 Å². The molecule has 140 valence electrons. The van der Waals surface area contributed by atoms with Gasteiger partial charge in [0, 0.05) is 31.6 Å². The molecule has 0 radical (unpaired) electrons. The molecule has 1 saturated carbocycles. The number of nitrogens with one attached hydrogen (secondary N) is 1. The van der Waals surface area contributed by atoms with Gasteiger partial charge in [0.15, 0.2) is 0 Å². The van der Waals surface area contributed by atoms with E-state index in [-0.39, 0.29) is 35.3 Å². The van der Waals surface area contributed by atoms with Crippen LogP contribution in [0.1, 0.15) is 37.7 Å². The van der Waals surface area contributed by atoms with E-state index in [1.165, 1.54) is 0 Å². The highest BCUT2D eigenvalue weighted by molar-refractivity contribution is 7.89. The number of halogens is 1. The molecule has 8 heteroatoms. The number of aryl methyl sites for hydroxylation is 1. The molecule has 1 amide bonds. The Morgan fingerprint density at radius 3 is 2.48 bits per heavy atom. The molecule has 25 heavy (non-hydrogen) atoms.